The molecular formula is C28H30N8O2. The lowest BCUT2D eigenvalue weighted by Gasteiger charge is -2.35. The molecule has 0 spiro atoms. The summed E-state index contributed by atoms with van der Waals surface area (Å²) >= 11 is 0. The molecule has 0 saturated carbocycles. The number of aromatic nitrogens is 4. The van der Waals surface area contributed by atoms with Crippen molar-refractivity contribution in [3.63, 3.8) is 0 Å². The number of methoxy groups -OCH3 is 1. The maximum absolute atomic E-state index is 11.7. The molecule has 10 heteroatoms. The van der Waals surface area contributed by atoms with E-state index in [0.717, 1.165) is 72.9 Å². The van der Waals surface area contributed by atoms with Gasteiger partial charge in [0.1, 0.15) is 5.82 Å². The summed E-state index contributed by atoms with van der Waals surface area (Å²) in [6, 6.07) is 11.8. The lowest BCUT2D eigenvalue weighted by molar-refractivity contribution is -0.111. The number of fused-ring (bicyclic) bond motifs is 1. The second kappa shape index (κ2) is 11.8. The van der Waals surface area contributed by atoms with E-state index in [-0.39, 0.29) is 5.91 Å². The molecule has 0 radical (unpaired) electrons. The van der Waals surface area contributed by atoms with E-state index in [1.807, 2.05) is 42.6 Å². The van der Waals surface area contributed by atoms with Crippen molar-refractivity contribution < 1.29 is 9.53 Å². The van der Waals surface area contributed by atoms with E-state index in [0.29, 0.717) is 11.6 Å². The van der Waals surface area contributed by atoms with Crippen LogP contribution in [-0.4, -0.2) is 77.2 Å². The summed E-state index contributed by atoms with van der Waals surface area (Å²) in [6.07, 6.45) is 8.16. The third kappa shape index (κ3) is 5.93. The lowest BCUT2D eigenvalue weighted by Crippen LogP contribution is -2.47. The molecule has 4 aromatic rings. The van der Waals surface area contributed by atoms with Crippen LogP contribution >= 0.6 is 0 Å². The molecule has 0 atom stereocenters. The highest BCUT2D eigenvalue weighted by molar-refractivity contribution is 6.00. The van der Waals surface area contributed by atoms with Crippen molar-refractivity contribution in [1.29, 1.82) is 0 Å². The van der Waals surface area contributed by atoms with E-state index in [2.05, 4.69) is 42.0 Å². The molecule has 0 unspecified atom stereocenters. The first-order valence-electron chi connectivity index (χ1n) is 12.5. The van der Waals surface area contributed by atoms with Gasteiger partial charge in [0, 0.05) is 68.7 Å². The topological polar surface area (TPSA) is 108 Å². The Labute approximate surface area is 221 Å². The summed E-state index contributed by atoms with van der Waals surface area (Å²) in [6.45, 7) is 9.08. The van der Waals surface area contributed by atoms with Crippen LogP contribution in [0.4, 0.5) is 23.1 Å². The van der Waals surface area contributed by atoms with Crippen LogP contribution in [0, 0.1) is 0 Å². The number of anilines is 4. The molecule has 1 aromatic carbocycles. The van der Waals surface area contributed by atoms with Crippen molar-refractivity contribution in [3.05, 3.63) is 73.8 Å². The van der Waals surface area contributed by atoms with Gasteiger partial charge in [0.05, 0.1) is 35.9 Å². The molecule has 1 fully saturated rings. The molecule has 10 nitrogen and oxygen atoms in total. The maximum atomic E-state index is 11.7. The zero-order valence-electron chi connectivity index (χ0n) is 21.3. The standard InChI is InChI=1S/C28H30N8O2/c1-3-26(37)32-23-15-21(16-29-18-23)24-6-4-5-20-17-31-28(34-27(20)24)33-22-7-8-25(30-19-22)36-11-9-35(10-12-36)13-14-38-2/h3-8,15-19H,1,9-14H2,2H3,(H,32,37)(H,31,33,34). The van der Waals surface area contributed by atoms with E-state index < -0.39 is 0 Å². The molecule has 4 heterocycles. The SMILES string of the molecule is C=CC(=O)Nc1cncc(-c2cccc3cnc(Nc4ccc(N5CCN(CCOC)CC5)nc4)nc23)c1. The number of nitrogens with zero attached hydrogens (tertiary/aromatic N) is 6. The molecular weight excluding hydrogens is 480 g/mol. The van der Waals surface area contributed by atoms with Gasteiger partial charge in [0.2, 0.25) is 11.9 Å². The summed E-state index contributed by atoms with van der Waals surface area (Å²) in [5.74, 6) is 1.13. The normalized spacial score (nSPS) is 13.9. The number of para-hydroxylation sites is 1. The van der Waals surface area contributed by atoms with Gasteiger partial charge in [-0.2, -0.15) is 0 Å². The molecule has 38 heavy (non-hydrogen) atoms. The molecule has 2 N–H and O–H groups in total. The highest BCUT2D eigenvalue weighted by atomic mass is 16.5. The number of hydrogen-bond donors (Lipinski definition) is 2. The predicted octanol–water partition coefficient (Wildman–Crippen LogP) is 3.72. The van der Waals surface area contributed by atoms with Gasteiger partial charge in [-0.25, -0.2) is 15.0 Å². The smallest absolute Gasteiger partial charge is 0.247 e. The zero-order valence-corrected chi connectivity index (χ0v) is 21.3. The van der Waals surface area contributed by atoms with Gasteiger partial charge in [0.15, 0.2) is 0 Å². The van der Waals surface area contributed by atoms with Crippen molar-refractivity contribution in [3.8, 4) is 11.1 Å². The number of hydrogen-bond acceptors (Lipinski definition) is 9. The van der Waals surface area contributed by atoms with Crippen molar-refractivity contribution in [1.82, 2.24) is 24.8 Å². The molecule has 0 aliphatic carbocycles. The Bertz CT molecular complexity index is 1420. The minimum atomic E-state index is -0.292. The summed E-state index contributed by atoms with van der Waals surface area (Å²) in [4.78, 5) is 34.7. The van der Waals surface area contributed by atoms with Crippen molar-refractivity contribution in [2.75, 3.05) is 62.0 Å². The average molecular weight is 511 g/mol. The molecule has 3 aromatic heterocycles. The highest BCUT2D eigenvalue weighted by Gasteiger charge is 2.17. The van der Waals surface area contributed by atoms with E-state index in [1.54, 1.807) is 25.7 Å². The molecule has 1 aliphatic rings. The van der Waals surface area contributed by atoms with Gasteiger partial charge in [0.25, 0.3) is 0 Å². The maximum Gasteiger partial charge on any atom is 0.247 e. The lowest BCUT2D eigenvalue weighted by atomic mass is 10.0. The van der Waals surface area contributed by atoms with Crippen LogP contribution < -0.4 is 15.5 Å². The van der Waals surface area contributed by atoms with Crippen molar-refractivity contribution in [2.24, 2.45) is 0 Å². The third-order valence-corrected chi connectivity index (χ3v) is 6.42. The minimum absolute atomic E-state index is 0.292. The Morgan fingerprint density at radius 3 is 2.68 bits per heavy atom. The number of rotatable bonds is 9. The van der Waals surface area contributed by atoms with Crippen LogP contribution in [0.25, 0.3) is 22.0 Å². The Morgan fingerprint density at radius 1 is 1.05 bits per heavy atom. The fourth-order valence-corrected chi connectivity index (χ4v) is 4.39. The monoisotopic (exact) mass is 510 g/mol. The van der Waals surface area contributed by atoms with Gasteiger partial charge in [-0.1, -0.05) is 24.8 Å². The van der Waals surface area contributed by atoms with E-state index in [4.69, 9.17) is 9.72 Å². The fourth-order valence-electron chi connectivity index (χ4n) is 4.39. The fraction of sp³-hybridized carbons (Fsp3) is 0.250. The van der Waals surface area contributed by atoms with Crippen LogP contribution in [0.2, 0.25) is 0 Å². The Morgan fingerprint density at radius 2 is 1.92 bits per heavy atom. The number of nitrogens with one attached hydrogen (secondary N) is 2. The van der Waals surface area contributed by atoms with Crippen LogP contribution in [0.5, 0.6) is 0 Å². The molecule has 1 aliphatic heterocycles. The summed E-state index contributed by atoms with van der Waals surface area (Å²) in [7, 11) is 1.74. The molecule has 1 saturated heterocycles. The van der Waals surface area contributed by atoms with Gasteiger partial charge < -0.3 is 20.3 Å². The predicted molar refractivity (Wildman–Crippen MR) is 150 cm³/mol. The van der Waals surface area contributed by atoms with E-state index in [9.17, 15) is 4.79 Å². The van der Waals surface area contributed by atoms with Gasteiger partial charge in [-0.15, -0.1) is 0 Å². The summed E-state index contributed by atoms with van der Waals surface area (Å²) in [5.41, 5.74) is 3.87. The average Bonchev–Trinajstić information content (AvgIpc) is 2.96. The Balaban J connectivity index is 1.31. The summed E-state index contributed by atoms with van der Waals surface area (Å²) in [5, 5.41) is 6.92. The number of pyridine rings is 2. The van der Waals surface area contributed by atoms with Crippen LogP contribution in [0.3, 0.4) is 0 Å². The largest absolute Gasteiger partial charge is 0.383 e. The number of carbonyl (C=O) groups excluding carboxylic acids is 1. The summed E-state index contributed by atoms with van der Waals surface area (Å²) < 4.78 is 5.19. The number of ether oxygens (including phenoxy) is 1. The van der Waals surface area contributed by atoms with Crippen molar-refractivity contribution >= 4 is 40.0 Å². The second-order valence-electron chi connectivity index (χ2n) is 8.94. The number of benzene rings is 1. The van der Waals surface area contributed by atoms with E-state index >= 15 is 0 Å². The van der Waals surface area contributed by atoms with Gasteiger partial charge >= 0.3 is 0 Å². The first-order chi connectivity index (χ1) is 18.6. The highest BCUT2D eigenvalue weighted by Crippen LogP contribution is 2.29. The Hall–Kier alpha value is -4.41. The third-order valence-electron chi connectivity index (χ3n) is 6.42. The first-order valence-corrected chi connectivity index (χ1v) is 12.5. The minimum Gasteiger partial charge on any atom is -0.383 e. The van der Waals surface area contributed by atoms with Gasteiger partial charge in [-0.05, 0) is 24.3 Å². The van der Waals surface area contributed by atoms with Crippen LogP contribution in [0.1, 0.15) is 0 Å². The molecule has 1 amide bonds. The van der Waals surface area contributed by atoms with Crippen LogP contribution in [0.15, 0.2) is 73.8 Å². The molecule has 0 bridgehead atoms. The molecule has 5 rings (SSSR count). The number of piperazine rings is 1. The zero-order chi connectivity index (χ0) is 26.3. The number of amides is 1. The number of carbonyl (C=O) groups is 1. The second-order valence-corrected chi connectivity index (χ2v) is 8.94. The van der Waals surface area contributed by atoms with E-state index in [1.165, 1.54) is 6.08 Å². The van der Waals surface area contributed by atoms with Crippen LogP contribution in [-0.2, 0) is 9.53 Å². The molecule has 194 valence electrons. The van der Waals surface area contributed by atoms with Crippen molar-refractivity contribution in [2.45, 2.75) is 0 Å². The quantitative estimate of drug-likeness (QED) is 0.326. The Kier molecular flexibility index (Phi) is 7.81. The van der Waals surface area contributed by atoms with Gasteiger partial charge in [-0.3, -0.25) is 14.7 Å². The first kappa shape index (κ1) is 25.2.